The van der Waals surface area contributed by atoms with Gasteiger partial charge in [0.1, 0.15) is 11.5 Å². The van der Waals surface area contributed by atoms with E-state index in [4.69, 9.17) is 9.47 Å². The Labute approximate surface area is 134 Å². The van der Waals surface area contributed by atoms with Gasteiger partial charge >= 0.3 is 0 Å². The van der Waals surface area contributed by atoms with Crippen LogP contribution in [0.4, 0.5) is 0 Å². The van der Waals surface area contributed by atoms with E-state index in [-0.39, 0.29) is 0 Å². The third-order valence-electron chi connectivity index (χ3n) is 6.76. The van der Waals surface area contributed by atoms with E-state index in [0.29, 0.717) is 16.9 Å². The molecular formula is C19H29NO2. The Hall–Kier alpha value is -1.22. The summed E-state index contributed by atoms with van der Waals surface area (Å²) in [4.78, 5) is 0. The van der Waals surface area contributed by atoms with Crippen LogP contribution in [0.1, 0.15) is 45.6 Å². The van der Waals surface area contributed by atoms with Gasteiger partial charge in [-0.3, -0.25) is 0 Å². The number of hydrogen-bond acceptors (Lipinski definition) is 3. The Morgan fingerprint density at radius 1 is 1.09 bits per heavy atom. The van der Waals surface area contributed by atoms with Crippen LogP contribution in [-0.4, -0.2) is 20.3 Å². The summed E-state index contributed by atoms with van der Waals surface area (Å²) in [6, 6.07) is 6.72. The zero-order chi connectivity index (χ0) is 16.0. The first-order valence-electron chi connectivity index (χ1n) is 8.36. The van der Waals surface area contributed by atoms with Gasteiger partial charge in [-0.1, -0.05) is 20.8 Å². The maximum absolute atomic E-state index is 5.36. The van der Waals surface area contributed by atoms with Crippen LogP contribution < -0.4 is 14.8 Å². The normalized spacial score (nSPS) is 32.2. The van der Waals surface area contributed by atoms with Crippen LogP contribution in [0.2, 0.25) is 0 Å². The maximum atomic E-state index is 5.36. The highest BCUT2D eigenvalue weighted by molar-refractivity contribution is 5.38. The molecule has 0 radical (unpaired) electrons. The zero-order valence-corrected chi connectivity index (χ0v) is 14.5. The molecule has 1 aromatic rings. The fourth-order valence-electron chi connectivity index (χ4n) is 4.72. The monoisotopic (exact) mass is 303 g/mol. The predicted molar refractivity (Wildman–Crippen MR) is 89.4 cm³/mol. The van der Waals surface area contributed by atoms with Crippen molar-refractivity contribution >= 4 is 0 Å². The van der Waals surface area contributed by atoms with E-state index in [1.54, 1.807) is 14.2 Å². The smallest absolute Gasteiger partial charge is 0.122 e. The van der Waals surface area contributed by atoms with Gasteiger partial charge in [0.15, 0.2) is 0 Å². The Balaban J connectivity index is 1.71. The topological polar surface area (TPSA) is 30.5 Å². The van der Waals surface area contributed by atoms with Gasteiger partial charge < -0.3 is 14.8 Å². The van der Waals surface area contributed by atoms with Crippen LogP contribution in [0, 0.1) is 16.7 Å². The molecule has 0 aliphatic heterocycles. The molecule has 0 amide bonds. The Morgan fingerprint density at radius 3 is 2.18 bits per heavy atom. The average molecular weight is 303 g/mol. The zero-order valence-electron chi connectivity index (χ0n) is 14.5. The minimum absolute atomic E-state index is 0.417. The number of ether oxygens (including phenoxy) is 2. The molecule has 1 N–H and O–H groups in total. The fraction of sp³-hybridized carbons (Fsp3) is 0.684. The number of rotatable bonds is 5. The predicted octanol–water partition coefficient (Wildman–Crippen LogP) is 4.01. The van der Waals surface area contributed by atoms with E-state index < -0.39 is 0 Å². The van der Waals surface area contributed by atoms with Crippen molar-refractivity contribution in [1.82, 2.24) is 5.32 Å². The number of hydrogen-bond donors (Lipinski definition) is 1. The van der Waals surface area contributed by atoms with Crippen molar-refractivity contribution in [3.8, 4) is 11.5 Å². The summed E-state index contributed by atoms with van der Waals surface area (Å²) in [6.07, 6.45) is 4.06. The maximum Gasteiger partial charge on any atom is 0.122 e. The molecule has 3 nitrogen and oxygen atoms in total. The van der Waals surface area contributed by atoms with Crippen LogP contribution in [0.15, 0.2) is 18.2 Å². The van der Waals surface area contributed by atoms with Crippen molar-refractivity contribution in [3.63, 3.8) is 0 Å². The molecule has 22 heavy (non-hydrogen) atoms. The Morgan fingerprint density at radius 2 is 1.73 bits per heavy atom. The number of fused-ring (bicyclic) bond motifs is 2. The lowest BCUT2D eigenvalue weighted by atomic mass is 9.69. The Bertz CT molecular complexity index is 532. The van der Waals surface area contributed by atoms with Crippen LogP contribution in [0.5, 0.6) is 11.5 Å². The second-order valence-electron chi connectivity index (χ2n) is 7.76. The van der Waals surface area contributed by atoms with Gasteiger partial charge in [-0.05, 0) is 53.7 Å². The minimum atomic E-state index is 0.417. The lowest BCUT2D eigenvalue weighted by Crippen LogP contribution is -2.44. The third kappa shape index (κ3) is 2.30. The van der Waals surface area contributed by atoms with Crippen molar-refractivity contribution in [2.45, 2.75) is 52.6 Å². The standard InChI is InChI=1S/C19H29NO2/c1-18(2)14-6-7-19(18,3)17(10-14)20-12-13-8-15(21-4)11-16(9-13)22-5/h8-9,11,14,17,20H,6-7,10,12H2,1-5H3/t14-,17-,19-/m1/s1. The van der Waals surface area contributed by atoms with Crippen LogP contribution in [0.3, 0.4) is 0 Å². The van der Waals surface area contributed by atoms with E-state index >= 15 is 0 Å². The second kappa shape index (κ2) is 5.45. The molecule has 0 unspecified atom stereocenters. The summed E-state index contributed by atoms with van der Waals surface area (Å²) in [5.41, 5.74) is 2.09. The van der Waals surface area contributed by atoms with Crippen LogP contribution in [0.25, 0.3) is 0 Å². The lowest BCUT2D eigenvalue weighted by molar-refractivity contribution is 0.120. The molecule has 3 rings (SSSR count). The molecule has 1 aromatic carbocycles. The molecule has 122 valence electrons. The highest BCUT2D eigenvalue weighted by atomic mass is 16.5. The molecule has 0 heterocycles. The van der Waals surface area contributed by atoms with Crippen LogP contribution in [-0.2, 0) is 6.54 Å². The van der Waals surface area contributed by atoms with Gasteiger partial charge in [0.25, 0.3) is 0 Å². The van der Waals surface area contributed by atoms with E-state index in [0.717, 1.165) is 24.0 Å². The quantitative estimate of drug-likeness (QED) is 0.891. The molecule has 2 fully saturated rings. The first-order chi connectivity index (χ1) is 10.4. The van der Waals surface area contributed by atoms with Gasteiger partial charge in [0, 0.05) is 18.7 Å². The Kier molecular flexibility index (Phi) is 3.88. The second-order valence-corrected chi connectivity index (χ2v) is 7.76. The number of nitrogens with one attached hydrogen (secondary N) is 1. The molecule has 3 atom stereocenters. The summed E-state index contributed by atoms with van der Waals surface area (Å²) < 4.78 is 10.7. The number of methoxy groups -OCH3 is 2. The molecule has 2 aliphatic carbocycles. The first-order valence-corrected chi connectivity index (χ1v) is 8.36. The molecule has 2 bridgehead atoms. The highest BCUT2D eigenvalue weighted by Crippen LogP contribution is 2.65. The van der Waals surface area contributed by atoms with Crippen molar-refractivity contribution in [1.29, 1.82) is 0 Å². The summed E-state index contributed by atoms with van der Waals surface area (Å²) >= 11 is 0. The lowest BCUT2D eigenvalue weighted by Gasteiger charge is -2.39. The van der Waals surface area contributed by atoms with Gasteiger partial charge in [-0.15, -0.1) is 0 Å². The molecule has 0 spiro atoms. The molecule has 2 aliphatic rings. The average Bonchev–Trinajstić information content (AvgIpc) is 2.85. The van der Waals surface area contributed by atoms with Gasteiger partial charge in [-0.2, -0.15) is 0 Å². The van der Waals surface area contributed by atoms with Crippen molar-refractivity contribution in [2.75, 3.05) is 14.2 Å². The molecule has 0 aromatic heterocycles. The summed E-state index contributed by atoms with van der Waals surface area (Å²) in [6.45, 7) is 8.27. The van der Waals surface area contributed by atoms with Crippen molar-refractivity contribution in [3.05, 3.63) is 23.8 Å². The van der Waals surface area contributed by atoms with E-state index in [9.17, 15) is 0 Å². The van der Waals surface area contributed by atoms with Gasteiger partial charge in [-0.25, -0.2) is 0 Å². The van der Waals surface area contributed by atoms with Crippen molar-refractivity contribution in [2.24, 2.45) is 16.7 Å². The number of benzene rings is 1. The van der Waals surface area contributed by atoms with E-state index in [2.05, 4.69) is 38.2 Å². The van der Waals surface area contributed by atoms with Gasteiger partial charge in [0.05, 0.1) is 14.2 Å². The van der Waals surface area contributed by atoms with Gasteiger partial charge in [0.2, 0.25) is 0 Å². The molecule has 2 saturated carbocycles. The largest absolute Gasteiger partial charge is 0.497 e. The summed E-state index contributed by atoms with van der Waals surface area (Å²) in [7, 11) is 3.40. The fourth-order valence-corrected chi connectivity index (χ4v) is 4.72. The molecule has 3 heteroatoms. The molecular weight excluding hydrogens is 274 g/mol. The molecule has 0 saturated heterocycles. The summed E-state index contributed by atoms with van der Waals surface area (Å²) in [5, 5.41) is 3.82. The van der Waals surface area contributed by atoms with Crippen molar-refractivity contribution < 1.29 is 9.47 Å². The first kappa shape index (κ1) is 15.7. The summed E-state index contributed by atoms with van der Waals surface area (Å²) in [5.74, 6) is 2.58. The van der Waals surface area contributed by atoms with E-state index in [1.807, 2.05) is 6.07 Å². The van der Waals surface area contributed by atoms with Crippen LogP contribution >= 0.6 is 0 Å². The SMILES string of the molecule is COc1cc(CN[C@@H]2C[C@H]3CC[C@@]2(C)C3(C)C)cc(OC)c1. The third-order valence-corrected chi connectivity index (χ3v) is 6.76. The highest BCUT2D eigenvalue weighted by Gasteiger charge is 2.60. The minimum Gasteiger partial charge on any atom is -0.497 e. The van der Waals surface area contributed by atoms with E-state index in [1.165, 1.54) is 24.8 Å².